The first-order valence-corrected chi connectivity index (χ1v) is 6.70. The van der Waals surface area contributed by atoms with Crippen LogP contribution in [-0.4, -0.2) is 40.1 Å². The number of amides is 2. The van der Waals surface area contributed by atoms with Crippen molar-refractivity contribution in [3.63, 3.8) is 0 Å². The zero-order valence-electron chi connectivity index (χ0n) is 11.6. The number of aryl methyl sites for hydroxylation is 1. The monoisotopic (exact) mass is 281 g/mol. The Kier molecular flexibility index (Phi) is 4.26. The summed E-state index contributed by atoms with van der Waals surface area (Å²) in [7, 11) is 0. The molecule has 0 radical (unpaired) electrons. The highest BCUT2D eigenvalue weighted by molar-refractivity contribution is 5.77. The molecule has 2 rings (SSSR count). The highest BCUT2D eigenvalue weighted by Gasteiger charge is 2.36. The van der Waals surface area contributed by atoms with Gasteiger partial charge in [0.1, 0.15) is 5.76 Å². The molecule has 2 heterocycles. The van der Waals surface area contributed by atoms with Gasteiger partial charge in [-0.15, -0.1) is 0 Å². The molecule has 2 amide bonds. The molecule has 7 nitrogen and oxygen atoms in total. The van der Waals surface area contributed by atoms with Crippen LogP contribution in [0.5, 0.6) is 0 Å². The highest BCUT2D eigenvalue weighted by Crippen LogP contribution is 2.23. The number of nitrogens with one attached hydrogen (secondary N) is 1. The first-order chi connectivity index (χ1) is 9.51. The lowest BCUT2D eigenvalue weighted by molar-refractivity contribution is -0.142. The van der Waals surface area contributed by atoms with E-state index >= 15 is 0 Å². The fourth-order valence-corrected chi connectivity index (χ4v) is 2.31. The van der Waals surface area contributed by atoms with E-state index in [0.717, 1.165) is 12.2 Å². The number of aromatic nitrogens is 1. The van der Waals surface area contributed by atoms with Crippen molar-refractivity contribution < 1.29 is 19.1 Å². The normalized spacial score (nSPS) is 22.0. The Morgan fingerprint density at radius 1 is 1.55 bits per heavy atom. The molecule has 0 saturated carbocycles. The molecule has 1 aliphatic heterocycles. The van der Waals surface area contributed by atoms with Gasteiger partial charge >= 0.3 is 12.0 Å². The summed E-state index contributed by atoms with van der Waals surface area (Å²) >= 11 is 0. The van der Waals surface area contributed by atoms with E-state index in [2.05, 4.69) is 10.3 Å². The predicted octanol–water partition coefficient (Wildman–Crippen LogP) is 1.10. The molecule has 7 heteroatoms. The number of carboxylic acid groups (broad SMARTS) is 1. The first-order valence-electron chi connectivity index (χ1n) is 6.70. The van der Waals surface area contributed by atoms with Crippen LogP contribution in [0.15, 0.2) is 10.6 Å². The second-order valence-electron chi connectivity index (χ2n) is 5.06. The van der Waals surface area contributed by atoms with Crippen LogP contribution < -0.4 is 5.32 Å². The van der Waals surface area contributed by atoms with E-state index in [9.17, 15) is 9.59 Å². The predicted molar refractivity (Wildman–Crippen MR) is 70.0 cm³/mol. The molecule has 0 spiro atoms. The Labute approximate surface area is 117 Å². The minimum atomic E-state index is -0.854. The SMILES string of the molecule is CCc1cnc(CNC(=O)N2C[C@@H](C)[C@H](C(=O)O)C2)o1. The van der Waals surface area contributed by atoms with Crippen LogP contribution in [0, 0.1) is 11.8 Å². The molecule has 1 aliphatic rings. The number of likely N-dealkylation sites (tertiary alicyclic amines) is 1. The van der Waals surface area contributed by atoms with E-state index in [-0.39, 0.29) is 25.0 Å². The van der Waals surface area contributed by atoms with Gasteiger partial charge in [-0.3, -0.25) is 4.79 Å². The van der Waals surface area contributed by atoms with Gasteiger partial charge in [-0.05, 0) is 5.92 Å². The van der Waals surface area contributed by atoms with Crippen LogP contribution in [0.25, 0.3) is 0 Å². The molecule has 1 saturated heterocycles. The number of aliphatic carboxylic acids is 1. The van der Waals surface area contributed by atoms with Crippen LogP contribution in [0.3, 0.4) is 0 Å². The number of hydrogen-bond acceptors (Lipinski definition) is 4. The van der Waals surface area contributed by atoms with Crippen molar-refractivity contribution in [1.29, 1.82) is 0 Å². The molecule has 1 fully saturated rings. The zero-order valence-corrected chi connectivity index (χ0v) is 11.6. The van der Waals surface area contributed by atoms with Crippen molar-refractivity contribution in [2.45, 2.75) is 26.8 Å². The summed E-state index contributed by atoms with van der Waals surface area (Å²) < 4.78 is 5.39. The van der Waals surface area contributed by atoms with Gasteiger partial charge in [0.15, 0.2) is 0 Å². The van der Waals surface area contributed by atoms with E-state index in [1.807, 2.05) is 13.8 Å². The lowest BCUT2D eigenvalue weighted by Gasteiger charge is -2.16. The maximum Gasteiger partial charge on any atom is 0.317 e. The quantitative estimate of drug-likeness (QED) is 0.861. The number of carbonyl (C=O) groups excluding carboxylic acids is 1. The molecule has 110 valence electrons. The lowest BCUT2D eigenvalue weighted by atomic mass is 9.99. The van der Waals surface area contributed by atoms with Gasteiger partial charge in [-0.1, -0.05) is 13.8 Å². The van der Waals surface area contributed by atoms with Crippen molar-refractivity contribution in [3.8, 4) is 0 Å². The van der Waals surface area contributed by atoms with Crippen LogP contribution in [-0.2, 0) is 17.8 Å². The third kappa shape index (κ3) is 3.09. The molecule has 0 bridgehead atoms. The number of urea groups is 1. The Balaban J connectivity index is 1.85. The maximum atomic E-state index is 12.0. The summed E-state index contributed by atoms with van der Waals surface area (Å²) in [6, 6.07) is -0.281. The highest BCUT2D eigenvalue weighted by atomic mass is 16.4. The molecular weight excluding hydrogens is 262 g/mol. The summed E-state index contributed by atoms with van der Waals surface area (Å²) in [5, 5.41) is 11.7. The van der Waals surface area contributed by atoms with Crippen LogP contribution in [0.1, 0.15) is 25.5 Å². The van der Waals surface area contributed by atoms with Crippen molar-refractivity contribution in [2.75, 3.05) is 13.1 Å². The molecule has 1 aromatic rings. The van der Waals surface area contributed by atoms with Gasteiger partial charge in [0, 0.05) is 19.5 Å². The van der Waals surface area contributed by atoms with Gasteiger partial charge in [-0.2, -0.15) is 0 Å². The Hall–Kier alpha value is -2.05. The number of hydrogen-bond donors (Lipinski definition) is 2. The molecule has 1 aromatic heterocycles. The van der Waals surface area contributed by atoms with Crippen LogP contribution >= 0.6 is 0 Å². The van der Waals surface area contributed by atoms with E-state index < -0.39 is 11.9 Å². The van der Waals surface area contributed by atoms with E-state index in [4.69, 9.17) is 9.52 Å². The van der Waals surface area contributed by atoms with E-state index in [1.54, 1.807) is 6.20 Å². The fraction of sp³-hybridized carbons (Fsp3) is 0.615. The Morgan fingerprint density at radius 2 is 2.30 bits per heavy atom. The van der Waals surface area contributed by atoms with Crippen LogP contribution in [0.2, 0.25) is 0 Å². The molecule has 0 aliphatic carbocycles. The maximum absolute atomic E-state index is 12.0. The smallest absolute Gasteiger partial charge is 0.317 e. The second-order valence-corrected chi connectivity index (χ2v) is 5.06. The third-order valence-electron chi connectivity index (χ3n) is 3.56. The van der Waals surface area contributed by atoms with E-state index in [1.165, 1.54) is 4.90 Å². The minimum Gasteiger partial charge on any atom is -0.481 e. The van der Waals surface area contributed by atoms with Crippen molar-refractivity contribution in [1.82, 2.24) is 15.2 Å². The summed E-state index contributed by atoms with van der Waals surface area (Å²) in [4.78, 5) is 28.5. The van der Waals surface area contributed by atoms with Crippen molar-refractivity contribution >= 4 is 12.0 Å². The molecular formula is C13H19N3O4. The lowest BCUT2D eigenvalue weighted by Crippen LogP contribution is -2.38. The molecule has 2 atom stereocenters. The average molecular weight is 281 g/mol. The van der Waals surface area contributed by atoms with E-state index in [0.29, 0.717) is 12.4 Å². The second kappa shape index (κ2) is 5.94. The topological polar surface area (TPSA) is 95.7 Å². The molecule has 0 aromatic carbocycles. The number of carboxylic acids is 1. The zero-order chi connectivity index (χ0) is 14.7. The number of carbonyl (C=O) groups is 2. The Bertz CT molecular complexity index is 500. The van der Waals surface area contributed by atoms with Gasteiger partial charge in [0.25, 0.3) is 0 Å². The molecule has 2 N–H and O–H groups in total. The number of oxazole rings is 1. The summed E-state index contributed by atoms with van der Waals surface area (Å²) in [6.07, 6.45) is 2.39. The van der Waals surface area contributed by atoms with Crippen molar-refractivity contribution in [2.24, 2.45) is 11.8 Å². The third-order valence-corrected chi connectivity index (χ3v) is 3.56. The number of rotatable bonds is 4. The standard InChI is InChI=1S/C13H19N3O4/c1-3-9-4-14-11(20-9)5-15-13(19)16-6-8(2)10(7-16)12(17)18/h4,8,10H,3,5-7H2,1-2H3,(H,15,19)(H,17,18)/t8-,10-/m1/s1. The molecule has 20 heavy (non-hydrogen) atoms. The van der Waals surface area contributed by atoms with Gasteiger partial charge < -0.3 is 19.7 Å². The van der Waals surface area contributed by atoms with Gasteiger partial charge in [0.2, 0.25) is 5.89 Å². The van der Waals surface area contributed by atoms with Crippen molar-refractivity contribution in [3.05, 3.63) is 17.8 Å². The molecule has 0 unspecified atom stereocenters. The fourth-order valence-electron chi connectivity index (χ4n) is 2.31. The van der Waals surface area contributed by atoms with Crippen LogP contribution in [0.4, 0.5) is 4.79 Å². The Morgan fingerprint density at radius 3 is 2.85 bits per heavy atom. The largest absolute Gasteiger partial charge is 0.481 e. The summed E-state index contributed by atoms with van der Waals surface area (Å²) in [6.45, 7) is 4.71. The van der Waals surface area contributed by atoms with Gasteiger partial charge in [-0.25, -0.2) is 9.78 Å². The average Bonchev–Trinajstić information content (AvgIpc) is 3.02. The minimum absolute atomic E-state index is 0.0355. The summed E-state index contributed by atoms with van der Waals surface area (Å²) in [5.74, 6) is -0.152. The summed E-state index contributed by atoms with van der Waals surface area (Å²) in [5.41, 5.74) is 0. The first kappa shape index (κ1) is 14.4. The number of nitrogens with zero attached hydrogens (tertiary/aromatic N) is 2. The van der Waals surface area contributed by atoms with Gasteiger partial charge in [0.05, 0.1) is 18.7 Å².